The van der Waals surface area contributed by atoms with Crippen molar-refractivity contribution in [3.63, 3.8) is 0 Å². The van der Waals surface area contributed by atoms with Gasteiger partial charge in [0.15, 0.2) is 0 Å². The van der Waals surface area contributed by atoms with Crippen molar-refractivity contribution in [2.45, 2.75) is 20.8 Å². The van der Waals surface area contributed by atoms with Crippen LogP contribution in [0.5, 0.6) is 0 Å². The Kier molecular flexibility index (Phi) is 16.1. The van der Waals surface area contributed by atoms with E-state index in [1.54, 1.807) is 0 Å². The summed E-state index contributed by atoms with van der Waals surface area (Å²) in [7, 11) is 0.820. The van der Waals surface area contributed by atoms with Crippen molar-refractivity contribution < 1.29 is 46.5 Å². The molecule has 0 nitrogen and oxygen atoms in total. The maximum atomic E-state index is 3.22. The first-order chi connectivity index (χ1) is 6.20. The average molecular weight is 309 g/mol. The van der Waals surface area contributed by atoms with Gasteiger partial charge in [0.1, 0.15) is 0 Å². The van der Waals surface area contributed by atoms with E-state index in [0.29, 0.717) is 0 Å². The summed E-state index contributed by atoms with van der Waals surface area (Å²) in [6.07, 6.45) is 0. The van der Waals surface area contributed by atoms with Gasteiger partial charge < -0.3 is 24.8 Å². The maximum absolute atomic E-state index is 3.22. The van der Waals surface area contributed by atoms with E-state index < -0.39 is 0 Å². The number of hydrogen-bond acceptors (Lipinski definition) is 0. The second kappa shape index (κ2) is 11.9. The summed E-state index contributed by atoms with van der Waals surface area (Å²) in [6.45, 7) is 6.31. The Morgan fingerprint density at radius 3 is 1.94 bits per heavy atom. The van der Waals surface area contributed by atoms with E-state index in [2.05, 4.69) is 44.5 Å². The molecule has 0 saturated heterocycles. The third-order valence-corrected chi connectivity index (χ3v) is 3.07. The molecule has 0 radical (unpaired) electrons. The molecule has 0 N–H and O–H groups in total. The van der Waals surface area contributed by atoms with Gasteiger partial charge in [-0.2, -0.15) is 40.4 Å². The fraction of sp³-hybridized carbons (Fsp3) is 0.250. The molecule has 1 atom stereocenters. The van der Waals surface area contributed by atoms with Crippen LogP contribution < -0.4 is 24.8 Å². The van der Waals surface area contributed by atoms with Crippen LogP contribution in [0.3, 0.4) is 0 Å². The summed E-state index contributed by atoms with van der Waals surface area (Å²) in [5.74, 6) is 5.44. The maximum Gasteiger partial charge on any atom is 4.00 e. The molecule has 86 valence electrons. The summed E-state index contributed by atoms with van der Waals surface area (Å²) >= 11 is 0. The van der Waals surface area contributed by atoms with Crippen LogP contribution in [0.1, 0.15) is 16.7 Å². The smallest absolute Gasteiger partial charge is 1.00 e. The van der Waals surface area contributed by atoms with Crippen LogP contribution in [0.25, 0.3) is 0 Å². The van der Waals surface area contributed by atoms with Crippen molar-refractivity contribution in [1.29, 1.82) is 0 Å². The molecule has 4 heteroatoms. The van der Waals surface area contributed by atoms with E-state index in [1.165, 1.54) is 16.7 Å². The van der Waals surface area contributed by atoms with E-state index in [1.807, 2.05) is 12.1 Å². The van der Waals surface area contributed by atoms with Crippen molar-refractivity contribution in [2.75, 3.05) is 0 Å². The molecule has 0 amide bonds. The van der Waals surface area contributed by atoms with Gasteiger partial charge in [0.25, 0.3) is 0 Å². The molecular weight excluding hydrogens is 294 g/mol. The molecular formula is C12H15Cl2PTi. The molecule has 1 heterocycles. The van der Waals surface area contributed by atoms with Crippen LogP contribution >= 0.6 is 8.19 Å². The van der Waals surface area contributed by atoms with E-state index in [4.69, 9.17) is 0 Å². The molecule has 0 spiro atoms. The Bertz CT molecular complexity index is 325. The van der Waals surface area contributed by atoms with Crippen molar-refractivity contribution >= 4 is 8.19 Å². The van der Waals surface area contributed by atoms with Gasteiger partial charge in [0, 0.05) is 0 Å². The van der Waals surface area contributed by atoms with Gasteiger partial charge in [0.2, 0.25) is 0 Å². The average Bonchev–Trinajstić information content (AvgIpc) is 2.67. The van der Waals surface area contributed by atoms with Crippen molar-refractivity contribution in [2.24, 2.45) is 0 Å². The SMILES string of the molecule is Cc1[c-][pH]cc1C.Cc1ccc[cH-]1.[Cl-].[Cl-].[Ti+4]. The second-order valence-electron chi connectivity index (χ2n) is 3.18. The van der Waals surface area contributed by atoms with E-state index in [0.717, 1.165) is 8.19 Å². The van der Waals surface area contributed by atoms with Crippen molar-refractivity contribution in [3.8, 4) is 0 Å². The number of halogens is 2. The molecule has 1 aromatic carbocycles. The summed E-state index contributed by atoms with van der Waals surface area (Å²) < 4.78 is 0. The second-order valence-corrected chi connectivity index (χ2v) is 4.01. The van der Waals surface area contributed by atoms with Gasteiger partial charge in [-0.1, -0.05) is 20.8 Å². The molecule has 2 aromatic rings. The van der Waals surface area contributed by atoms with Crippen LogP contribution in [0.15, 0.2) is 30.1 Å². The van der Waals surface area contributed by atoms with E-state index in [-0.39, 0.29) is 46.5 Å². The molecule has 0 aliphatic heterocycles. The van der Waals surface area contributed by atoms with E-state index >= 15 is 0 Å². The summed E-state index contributed by atoms with van der Waals surface area (Å²) in [5, 5.41) is 0. The Morgan fingerprint density at radius 2 is 1.81 bits per heavy atom. The molecule has 1 unspecified atom stereocenters. The number of rotatable bonds is 0. The molecule has 16 heavy (non-hydrogen) atoms. The van der Waals surface area contributed by atoms with Crippen LogP contribution in [0, 0.1) is 26.6 Å². The zero-order chi connectivity index (χ0) is 9.68. The van der Waals surface area contributed by atoms with Gasteiger partial charge in [0.05, 0.1) is 0 Å². The molecule has 1 aromatic heterocycles. The normalized spacial score (nSPS) is 7.94. The Hall–Kier alpha value is 0.424. The van der Waals surface area contributed by atoms with Crippen molar-refractivity contribution in [3.05, 3.63) is 52.6 Å². The van der Waals surface area contributed by atoms with Crippen LogP contribution in [-0.2, 0) is 21.7 Å². The first kappa shape index (κ1) is 21.7. The minimum Gasteiger partial charge on any atom is -1.00 e. The molecule has 0 aliphatic carbocycles. The van der Waals surface area contributed by atoms with Gasteiger partial charge in [-0.05, 0) is 0 Å². The molecule has 0 saturated carbocycles. The van der Waals surface area contributed by atoms with Gasteiger partial charge in [-0.3, -0.25) is 8.19 Å². The van der Waals surface area contributed by atoms with Gasteiger partial charge in [-0.25, -0.2) is 12.1 Å². The summed E-state index contributed by atoms with van der Waals surface area (Å²) in [5.41, 5.74) is 4.08. The number of hydrogen-bond donors (Lipinski definition) is 0. The topological polar surface area (TPSA) is 0 Å². The molecule has 0 fully saturated rings. The van der Waals surface area contributed by atoms with Crippen LogP contribution in [-0.4, -0.2) is 0 Å². The Morgan fingerprint density at radius 1 is 1.19 bits per heavy atom. The molecule has 2 rings (SSSR count). The minimum atomic E-state index is 0. The van der Waals surface area contributed by atoms with Gasteiger partial charge >= 0.3 is 21.7 Å². The van der Waals surface area contributed by atoms with Gasteiger partial charge in [-0.15, -0.1) is 0 Å². The molecule has 0 aliphatic rings. The third kappa shape index (κ3) is 8.56. The first-order valence-corrected chi connectivity index (χ1v) is 5.48. The quantitative estimate of drug-likeness (QED) is 0.385. The Labute approximate surface area is 127 Å². The number of aryl methyl sites for hydroxylation is 3. The predicted molar refractivity (Wildman–Crippen MR) is 61.0 cm³/mol. The van der Waals surface area contributed by atoms with E-state index in [9.17, 15) is 0 Å². The Balaban J connectivity index is -0.000000179. The monoisotopic (exact) mass is 308 g/mol. The standard InChI is InChI=1S/C6H8P.C6H7.2ClH.Ti/c1-5-3-7-4-6(5)2;1-6-4-2-3-5-6;;;/h3,7H,1-2H3;2-5H,1H3;2*1H;/q2*-1;;;+4/p-2. The van der Waals surface area contributed by atoms with Crippen LogP contribution in [0.2, 0.25) is 0 Å². The largest absolute Gasteiger partial charge is 4.00 e. The fourth-order valence-electron chi connectivity index (χ4n) is 0.930. The fourth-order valence-corrected chi connectivity index (χ4v) is 1.85. The summed E-state index contributed by atoms with van der Waals surface area (Å²) in [4.78, 5) is 0. The van der Waals surface area contributed by atoms with Crippen LogP contribution in [0.4, 0.5) is 0 Å². The first-order valence-electron chi connectivity index (χ1n) is 4.40. The minimum absolute atomic E-state index is 0. The summed E-state index contributed by atoms with van der Waals surface area (Å²) in [6, 6.07) is 8.24. The van der Waals surface area contributed by atoms with Crippen molar-refractivity contribution in [1.82, 2.24) is 0 Å². The zero-order valence-electron chi connectivity index (χ0n) is 9.64. The third-order valence-electron chi connectivity index (χ3n) is 1.97. The predicted octanol–water partition coefficient (Wildman–Crippen LogP) is -2.15. The molecule has 0 bridgehead atoms. The zero-order valence-corrected chi connectivity index (χ0v) is 13.7.